The van der Waals surface area contributed by atoms with E-state index in [4.69, 9.17) is 9.84 Å². The van der Waals surface area contributed by atoms with Crippen molar-refractivity contribution >= 4 is 5.97 Å². The van der Waals surface area contributed by atoms with Crippen molar-refractivity contribution in [2.75, 3.05) is 13.2 Å². The van der Waals surface area contributed by atoms with Crippen LogP contribution >= 0.6 is 0 Å². The van der Waals surface area contributed by atoms with Crippen molar-refractivity contribution in [3.63, 3.8) is 0 Å². The Morgan fingerprint density at radius 3 is 2.56 bits per heavy atom. The lowest BCUT2D eigenvalue weighted by Crippen LogP contribution is -2.10. The topological polar surface area (TPSA) is 55.8 Å². The van der Waals surface area contributed by atoms with Crippen LogP contribution in [0.15, 0.2) is 42.7 Å². The van der Waals surface area contributed by atoms with E-state index in [1.54, 1.807) is 0 Å². The summed E-state index contributed by atoms with van der Waals surface area (Å²) in [6, 6.07) is 9.36. The Kier molecular flexibility index (Phi) is 4.92. The summed E-state index contributed by atoms with van der Waals surface area (Å²) in [4.78, 5) is 10.8. The predicted molar refractivity (Wildman–Crippen MR) is 59.3 cm³/mol. The second-order valence-corrected chi connectivity index (χ2v) is 3.10. The van der Waals surface area contributed by atoms with Crippen molar-refractivity contribution in [3.8, 4) is 5.75 Å². The van der Waals surface area contributed by atoms with E-state index in [0.29, 0.717) is 13.0 Å². The van der Waals surface area contributed by atoms with Crippen LogP contribution in [0.1, 0.15) is 6.42 Å². The second kappa shape index (κ2) is 6.50. The largest absolute Gasteiger partial charge is 0.502 e. The summed E-state index contributed by atoms with van der Waals surface area (Å²) >= 11 is 0. The zero-order valence-electron chi connectivity index (χ0n) is 8.89. The van der Waals surface area contributed by atoms with E-state index in [1.807, 2.05) is 30.3 Å². The molecule has 0 aliphatic rings. The molecule has 4 heteroatoms. The van der Waals surface area contributed by atoms with Crippen LogP contribution in [0.5, 0.6) is 5.75 Å². The van der Waals surface area contributed by atoms with Crippen LogP contribution in [0.2, 0.25) is 0 Å². The predicted octanol–water partition coefficient (Wildman–Crippen LogP) is 2.07. The molecular weight excluding hydrogens is 208 g/mol. The highest BCUT2D eigenvalue weighted by atomic mass is 16.5. The highest BCUT2D eigenvalue weighted by Gasteiger charge is 2.04. The first kappa shape index (κ1) is 12.1. The first-order valence-corrected chi connectivity index (χ1v) is 4.93. The molecule has 0 saturated carbocycles. The fraction of sp³-hybridized carbons (Fsp3) is 0.250. The maximum absolute atomic E-state index is 10.8. The minimum atomic E-state index is -0.792. The molecule has 0 radical (unpaired) electrons. The van der Waals surface area contributed by atoms with Gasteiger partial charge in [-0.1, -0.05) is 18.2 Å². The Bertz CT molecular complexity index is 345. The number of carbonyl (C=O) groups excluding carboxylic acids is 1. The number of para-hydroxylation sites is 1. The third-order valence-corrected chi connectivity index (χ3v) is 1.77. The molecule has 0 unspecified atom stereocenters. The molecule has 16 heavy (non-hydrogen) atoms. The molecule has 86 valence electrons. The Balaban J connectivity index is 2.09. The quantitative estimate of drug-likeness (QED) is 0.346. The van der Waals surface area contributed by atoms with Gasteiger partial charge in [-0.15, -0.1) is 0 Å². The Morgan fingerprint density at radius 2 is 1.94 bits per heavy atom. The Morgan fingerprint density at radius 1 is 1.25 bits per heavy atom. The zero-order valence-corrected chi connectivity index (χ0v) is 8.89. The number of ether oxygens (including phenoxy) is 2. The first-order valence-electron chi connectivity index (χ1n) is 4.93. The molecule has 1 rings (SSSR count). The molecule has 0 amide bonds. The SMILES string of the molecule is C=C(O)C(=O)OCCCOc1ccccc1. The molecule has 0 heterocycles. The zero-order chi connectivity index (χ0) is 11.8. The normalized spacial score (nSPS) is 9.50. The summed E-state index contributed by atoms with van der Waals surface area (Å²) in [5.74, 6) is -0.593. The fourth-order valence-electron chi connectivity index (χ4n) is 1.01. The molecule has 0 bridgehead atoms. The lowest BCUT2D eigenvalue weighted by molar-refractivity contribution is -0.142. The van der Waals surface area contributed by atoms with Gasteiger partial charge in [0.1, 0.15) is 5.75 Å². The van der Waals surface area contributed by atoms with Crippen molar-refractivity contribution < 1.29 is 19.4 Å². The van der Waals surface area contributed by atoms with Crippen molar-refractivity contribution in [1.29, 1.82) is 0 Å². The summed E-state index contributed by atoms with van der Waals surface area (Å²) < 4.78 is 10.0. The average Bonchev–Trinajstić information content (AvgIpc) is 2.29. The lowest BCUT2D eigenvalue weighted by Gasteiger charge is -2.06. The first-order chi connectivity index (χ1) is 7.70. The standard InChI is InChI=1S/C12H14O4/c1-10(13)12(14)16-9-5-8-15-11-6-3-2-4-7-11/h2-4,6-7,13H,1,5,8-9H2. The maximum atomic E-state index is 10.8. The minimum absolute atomic E-state index is 0.200. The van der Waals surface area contributed by atoms with Gasteiger partial charge in [0.25, 0.3) is 0 Å². The monoisotopic (exact) mass is 222 g/mol. The molecule has 1 N–H and O–H groups in total. The second-order valence-electron chi connectivity index (χ2n) is 3.10. The molecule has 0 aliphatic carbocycles. The van der Waals surface area contributed by atoms with Crippen molar-refractivity contribution in [1.82, 2.24) is 0 Å². The van der Waals surface area contributed by atoms with E-state index < -0.39 is 11.7 Å². The van der Waals surface area contributed by atoms with Gasteiger partial charge in [-0.2, -0.15) is 0 Å². The van der Waals surface area contributed by atoms with Crippen LogP contribution < -0.4 is 4.74 Å². The van der Waals surface area contributed by atoms with Crippen molar-refractivity contribution in [3.05, 3.63) is 42.7 Å². The number of rotatable bonds is 6. The number of hydrogen-bond donors (Lipinski definition) is 1. The summed E-state index contributed by atoms with van der Waals surface area (Å²) in [5.41, 5.74) is 0. The summed E-state index contributed by atoms with van der Waals surface area (Å²) in [6.07, 6.45) is 0.563. The highest BCUT2D eigenvalue weighted by molar-refractivity contribution is 5.84. The molecule has 0 saturated heterocycles. The van der Waals surface area contributed by atoms with E-state index >= 15 is 0 Å². The van der Waals surface area contributed by atoms with E-state index in [0.717, 1.165) is 5.75 Å². The van der Waals surface area contributed by atoms with Gasteiger partial charge in [0.05, 0.1) is 13.2 Å². The van der Waals surface area contributed by atoms with Gasteiger partial charge in [-0.3, -0.25) is 0 Å². The van der Waals surface area contributed by atoms with Crippen molar-refractivity contribution in [2.45, 2.75) is 6.42 Å². The molecular formula is C12H14O4. The average molecular weight is 222 g/mol. The molecule has 0 atom stereocenters. The van der Waals surface area contributed by atoms with Gasteiger partial charge < -0.3 is 14.6 Å². The number of carbonyl (C=O) groups is 1. The molecule has 1 aromatic rings. The third-order valence-electron chi connectivity index (χ3n) is 1.77. The van der Waals surface area contributed by atoms with Crippen LogP contribution in [0.3, 0.4) is 0 Å². The van der Waals surface area contributed by atoms with Gasteiger partial charge >= 0.3 is 5.97 Å². The molecule has 0 aliphatic heterocycles. The molecule has 0 aromatic heterocycles. The molecule has 1 aromatic carbocycles. The summed E-state index contributed by atoms with van der Waals surface area (Å²) in [5, 5.41) is 8.66. The lowest BCUT2D eigenvalue weighted by atomic mass is 10.3. The smallest absolute Gasteiger partial charge is 0.372 e. The number of benzene rings is 1. The Hall–Kier alpha value is -1.97. The van der Waals surface area contributed by atoms with Crippen molar-refractivity contribution in [2.24, 2.45) is 0 Å². The van der Waals surface area contributed by atoms with Crippen LogP contribution in [0, 0.1) is 0 Å². The highest BCUT2D eigenvalue weighted by Crippen LogP contribution is 2.08. The number of aliphatic hydroxyl groups is 1. The molecule has 4 nitrogen and oxygen atoms in total. The molecule has 0 fully saturated rings. The Labute approximate surface area is 94.1 Å². The van der Waals surface area contributed by atoms with E-state index in [9.17, 15) is 4.79 Å². The van der Waals surface area contributed by atoms with Gasteiger partial charge in [0.2, 0.25) is 0 Å². The van der Waals surface area contributed by atoms with E-state index in [2.05, 4.69) is 11.3 Å². The van der Waals surface area contributed by atoms with Crippen LogP contribution in [0.25, 0.3) is 0 Å². The summed E-state index contributed by atoms with van der Waals surface area (Å²) in [6.45, 7) is 3.70. The van der Waals surface area contributed by atoms with Crippen LogP contribution in [-0.2, 0) is 9.53 Å². The van der Waals surface area contributed by atoms with Gasteiger partial charge in [0.15, 0.2) is 5.76 Å². The maximum Gasteiger partial charge on any atom is 0.372 e. The summed E-state index contributed by atoms with van der Waals surface area (Å²) in [7, 11) is 0. The number of hydrogen-bond acceptors (Lipinski definition) is 4. The number of esters is 1. The van der Waals surface area contributed by atoms with E-state index in [-0.39, 0.29) is 6.61 Å². The third kappa shape index (κ3) is 4.50. The minimum Gasteiger partial charge on any atom is -0.502 e. The van der Waals surface area contributed by atoms with Gasteiger partial charge in [0, 0.05) is 6.42 Å². The van der Waals surface area contributed by atoms with Crippen LogP contribution in [-0.4, -0.2) is 24.3 Å². The van der Waals surface area contributed by atoms with Crippen LogP contribution in [0.4, 0.5) is 0 Å². The fourth-order valence-corrected chi connectivity index (χ4v) is 1.01. The van der Waals surface area contributed by atoms with Gasteiger partial charge in [-0.25, -0.2) is 4.79 Å². The molecule has 0 spiro atoms. The number of aliphatic hydroxyl groups excluding tert-OH is 1. The van der Waals surface area contributed by atoms with E-state index in [1.165, 1.54) is 0 Å². The van der Waals surface area contributed by atoms with Gasteiger partial charge in [-0.05, 0) is 18.7 Å².